The van der Waals surface area contributed by atoms with E-state index in [0.29, 0.717) is 22.0 Å². The Morgan fingerprint density at radius 1 is 0.846 bits per heavy atom. The minimum absolute atomic E-state index is 0.00808. The summed E-state index contributed by atoms with van der Waals surface area (Å²) in [4.78, 5) is 16.9. The minimum Gasteiger partial charge on any atom is -0.497 e. The average molecular weight is 586 g/mol. The summed E-state index contributed by atoms with van der Waals surface area (Å²) in [6.45, 7) is -0.0122. The molecule has 0 saturated carbocycles. The summed E-state index contributed by atoms with van der Waals surface area (Å²) in [6, 6.07) is 22.7. The molecule has 0 unspecified atom stereocenters. The summed E-state index contributed by atoms with van der Waals surface area (Å²) in [5.74, 6) is -0.345. The van der Waals surface area contributed by atoms with Crippen LogP contribution in [0.15, 0.2) is 107 Å². The smallest absolute Gasteiger partial charge is 0.264 e. The van der Waals surface area contributed by atoms with Gasteiger partial charge in [-0.1, -0.05) is 29.8 Å². The van der Waals surface area contributed by atoms with Crippen molar-refractivity contribution < 1.29 is 26.4 Å². The molecule has 1 aromatic heterocycles. The second kappa shape index (κ2) is 12.0. The molecule has 9 nitrogen and oxygen atoms in total. The molecule has 39 heavy (non-hydrogen) atoms. The van der Waals surface area contributed by atoms with E-state index in [0.717, 1.165) is 0 Å². The molecule has 0 atom stereocenters. The van der Waals surface area contributed by atoms with Crippen molar-refractivity contribution in [1.29, 1.82) is 0 Å². The zero-order valence-corrected chi connectivity index (χ0v) is 23.1. The van der Waals surface area contributed by atoms with Gasteiger partial charge in [-0.2, -0.15) is 4.31 Å². The van der Waals surface area contributed by atoms with Gasteiger partial charge in [0.25, 0.3) is 15.9 Å². The van der Waals surface area contributed by atoms with Crippen LogP contribution in [-0.2, 0) is 33.1 Å². The lowest BCUT2D eigenvalue weighted by Crippen LogP contribution is -2.31. The van der Waals surface area contributed by atoms with Crippen LogP contribution in [0, 0.1) is 0 Å². The van der Waals surface area contributed by atoms with E-state index < -0.39 is 26.0 Å². The Hall–Kier alpha value is -3.77. The Balaban J connectivity index is 1.53. The topological polar surface area (TPSA) is 123 Å². The van der Waals surface area contributed by atoms with Crippen molar-refractivity contribution in [2.45, 2.75) is 22.9 Å². The normalized spacial score (nSPS) is 11.8. The number of carbonyl (C=O) groups is 1. The van der Waals surface area contributed by atoms with Crippen molar-refractivity contribution in [3.05, 3.63) is 119 Å². The molecule has 4 aromatic rings. The third-order valence-electron chi connectivity index (χ3n) is 5.69. The molecule has 1 N–H and O–H groups in total. The maximum Gasteiger partial charge on any atom is 0.264 e. The number of hydrogen-bond acceptors (Lipinski definition) is 7. The molecule has 202 valence electrons. The van der Waals surface area contributed by atoms with Crippen LogP contribution in [0.2, 0.25) is 5.02 Å². The molecular formula is C27H24ClN3O6S2. The number of ether oxygens (including phenoxy) is 1. The number of methoxy groups -OCH3 is 1. The van der Waals surface area contributed by atoms with Gasteiger partial charge in [-0.25, -0.2) is 21.6 Å². The van der Waals surface area contributed by atoms with Crippen LogP contribution in [0.1, 0.15) is 21.6 Å². The number of amides is 1. The molecule has 1 amide bonds. The highest BCUT2D eigenvalue weighted by Gasteiger charge is 2.26. The Bertz CT molecular complexity index is 1650. The van der Waals surface area contributed by atoms with Gasteiger partial charge in [-0.3, -0.25) is 9.78 Å². The monoisotopic (exact) mass is 585 g/mol. The highest BCUT2D eigenvalue weighted by Crippen LogP contribution is 2.23. The maximum atomic E-state index is 13.5. The van der Waals surface area contributed by atoms with Crippen LogP contribution in [0.3, 0.4) is 0 Å². The predicted octanol–water partition coefficient (Wildman–Crippen LogP) is 4.25. The molecule has 0 fully saturated rings. The first kappa shape index (κ1) is 28.2. The number of nitrogens with zero attached hydrogens (tertiary/aromatic N) is 2. The third-order valence-corrected chi connectivity index (χ3v) is 9.09. The van der Waals surface area contributed by atoms with Crippen LogP contribution in [0.5, 0.6) is 5.75 Å². The van der Waals surface area contributed by atoms with Crippen LogP contribution >= 0.6 is 11.6 Å². The maximum absolute atomic E-state index is 13.5. The van der Waals surface area contributed by atoms with Gasteiger partial charge >= 0.3 is 0 Å². The molecule has 0 aliphatic carbocycles. The van der Waals surface area contributed by atoms with Gasteiger partial charge in [0.1, 0.15) is 5.75 Å². The number of aromatic nitrogens is 1. The largest absolute Gasteiger partial charge is 0.497 e. The van der Waals surface area contributed by atoms with Crippen molar-refractivity contribution in [2.24, 2.45) is 0 Å². The Labute approximate surface area is 232 Å². The molecule has 0 saturated heterocycles. The summed E-state index contributed by atoms with van der Waals surface area (Å²) in [6.07, 6.45) is 1.58. The molecule has 4 rings (SSSR count). The van der Waals surface area contributed by atoms with E-state index in [1.807, 2.05) is 4.72 Å². The number of carbonyl (C=O) groups excluding carboxylic acids is 1. The zero-order chi connectivity index (χ0) is 28.0. The van der Waals surface area contributed by atoms with Gasteiger partial charge in [0.05, 0.1) is 29.1 Å². The quantitative estimate of drug-likeness (QED) is 0.295. The second-order valence-electron chi connectivity index (χ2n) is 8.36. The molecule has 0 aliphatic rings. The number of benzene rings is 3. The molecule has 0 spiro atoms. The predicted molar refractivity (Wildman–Crippen MR) is 146 cm³/mol. The van der Waals surface area contributed by atoms with E-state index in [-0.39, 0.29) is 28.4 Å². The van der Waals surface area contributed by atoms with E-state index >= 15 is 0 Å². The van der Waals surface area contributed by atoms with Gasteiger partial charge in [0, 0.05) is 23.3 Å². The van der Waals surface area contributed by atoms with Gasteiger partial charge in [0.2, 0.25) is 10.0 Å². The van der Waals surface area contributed by atoms with Crippen molar-refractivity contribution in [2.75, 3.05) is 7.11 Å². The van der Waals surface area contributed by atoms with Crippen molar-refractivity contribution in [3.8, 4) is 5.75 Å². The molecule has 3 aromatic carbocycles. The first-order valence-electron chi connectivity index (χ1n) is 11.5. The lowest BCUT2D eigenvalue weighted by Gasteiger charge is -2.22. The van der Waals surface area contributed by atoms with Crippen LogP contribution in [0.25, 0.3) is 0 Å². The number of rotatable bonds is 10. The van der Waals surface area contributed by atoms with Gasteiger partial charge in [0.15, 0.2) is 0 Å². The third kappa shape index (κ3) is 7.01. The first-order chi connectivity index (χ1) is 18.6. The highest BCUT2D eigenvalue weighted by molar-refractivity contribution is 7.90. The standard InChI is InChI=1S/C27H24ClN3O6S2/c1-37-24-11-15-25(16-12-24)38(33,34)30-27(32)21-7-5-20(6-8-21)18-31(19-23-4-2-3-17-29-23)39(35,36)26-13-9-22(28)10-14-26/h2-17H,18-19H2,1H3,(H,30,32). The van der Waals surface area contributed by atoms with Crippen molar-refractivity contribution in [3.63, 3.8) is 0 Å². The average Bonchev–Trinajstić information content (AvgIpc) is 2.93. The van der Waals surface area contributed by atoms with E-state index in [1.54, 1.807) is 36.5 Å². The van der Waals surface area contributed by atoms with Crippen LogP contribution in [-0.4, -0.2) is 39.1 Å². The lowest BCUT2D eigenvalue weighted by molar-refractivity contribution is 0.0981. The fraction of sp³-hybridized carbons (Fsp3) is 0.111. The van der Waals surface area contributed by atoms with E-state index in [1.165, 1.54) is 72.1 Å². The summed E-state index contributed by atoms with van der Waals surface area (Å²) in [5.41, 5.74) is 1.22. The van der Waals surface area contributed by atoms with Crippen LogP contribution < -0.4 is 9.46 Å². The summed E-state index contributed by atoms with van der Waals surface area (Å²) in [5, 5.41) is 0.410. The van der Waals surface area contributed by atoms with Gasteiger partial charge in [-0.05, 0) is 78.4 Å². The molecule has 0 radical (unpaired) electrons. The summed E-state index contributed by atoms with van der Waals surface area (Å²) >= 11 is 5.93. The zero-order valence-electron chi connectivity index (χ0n) is 20.7. The van der Waals surface area contributed by atoms with Gasteiger partial charge in [-0.15, -0.1) is 0 Å². The number of pyridine rings is 1. The first-order valence-corrected chi connectivity index (χ1v) is 14.8. The van der Waals surface area contributed by atoms with Crippen molar-refractivity contribution in [1.82, 2.24) is 14.0 Å². The Morgan fingerprint density at radius 3 is 2.08 bits per heavy atom. The van der Waals surface area contributed by atoms with Gasteiger partial charge < -0.3 is 4.74 Å². The second-order valence-corrected chi connectivity index (χ2v) is 12.4. The van der Waals surface area contributed by atoms with E-state index in [2.05, 4.69) is 4.98 Å². The summed E-state index contributed by atoms with van der Waals surface area (Å²) < 4.78 is 60.5. The van der Waals surface area contributed by atoms with E-state index in [9.17, 15) is 21.6 Å². The van der Waals surface area contributed by atoms with E-state index in [4.69, 9.17) is 16.3 Å². The Morgan fingerprint density at radius 2 is 1.49 bits per heavy atom. The molecular weight excluding hydrogens is 562 g/mol. The number of halogens is 1. The number of sulfonamides is 2. The number of nitrogens with one attached hydrogen (secondary N) is 1. The SMILES string of the molecule is COc1ccc(S(=O)(=O)NC(=O)c2ccc(CN(Cc3ccccn3)S(=O)(=O)c3ccc(Cl)cc3)cc2)cc1. The molecule has 0 aliphatic heterocycles. The molecule has 12 heteroatoms. The Kier molecular flexibility index (Phi) is 8.66. The summed E-state index contributed by atoms with van der Waals surface area (Å²) in [7, 11) is -6.58. The fourth-order valence-corrected chi connectivity index (χ4v) is 6.11. The fourth-order valence-electron chi connectivity index (χ4n) is 3.61. The lowest BCUT2D eigenvalue weighted by atomic mass is 10.1. The minimum atomic E-state index is -4.11. The molecule has 0 bridgehead atoms. The van der Waals surface area contributed by atoms with Crippen molar-refractivity contribution >= 4 is 37.6 Å². The number of hydrogen-bond donors (Lipinski definition) is 1. The highest BCUT2D eigenvalue weighted by atomic mass is 35.5. The van der Waals surface area contributed by atoms with Crippen LogP contribution in [0.4, 0.5) is 0 Å². The molecule has 1 heterocycles.